The van der Waals surface area contributed by atoms with E-state index in [0.717, 1.165) is 11.6 Å². The van der Waals surface area contributed by atoms with Gasteiger partial charge in [0.25, 0.3) is 5.91 Å². The minimum atomic E-state index is -1.44. The Kier molecular flexibility index (Phi) is 8.60. The molecule has 2 aromatic carbocycles. The first-order valence-corrected chi connectivity index (χ1v) is 13.3. The van der Waals surface area contributed by atoms with Gasteiger partial charge >= 0.3 is 0 Å². The van der Waals surface area contributed by atoms with E-state index in [1.807, 2.05) is 32.9 Å². The molecule has 2 amide bonds. The van der Waals surface area contributed by atoms with E-state index < -0.39 is 46.5 Å². The van der Waals surface area contributed by atoms with Crippen LogP contribution in [0.2, 0.25) is 0 Å². The van der Waals surface area contributed by atoms with Gasteiger partial charge < -0.3 is 15.7 Å². The van der Waals surface area contributed by atoms with Crippen LogP contribution in [0.4, 0.5) is 14.6 Å². The van der Waals surface area contributed by atoms with Gasteiger partial charge in [-0.1, -0.05) is 58.9 Å². The Balaban J connectivity index is 1.79. The minimum Gasteiger partial charge on any atom is -0.378 e. The number of halogens is 2. The number of nitrogens with zero attached hydrogens (tertiary/aromatic N) is 2. The lowest BCUT2D eigenvalue weighted by Gasteiger charge is -2.25. The number of aromatic nitrogens is 2. The number of amides is 2. The Bertz CT molecular complexity index is 1360. The van der Waals surface area contributed by atoms with E-state index >= 15 is 0 Å². The third-order valence-electron chi connectivity index (χ3n) is 6.91. The molecule has 3 aromatic rings. The zero-order chi connectivity index (χ0) is 30.2. The zero-order valence-electron chi connectivity index (χ0n) is 24.7. The highest BCUT2D eigenvalue weighted by Gasteiger charge is 2.32. The summed E-state index contributed by atoms with van der Waals surface area (Å²) in [5, 5.41) is 20.6. The summed E-state index contributed by atoms with van der Waals surface area (Å²) in [4.78, 5) is 25.9. The lowest BCUT2D eigenvalue weighted by Crippen LogP contribution is -2.44. The molecule has 0 radical (unpaired) electrons. The summed E-state index contributed by atoms with van der Waals surface area (Å²) in [7, 11) is 0. The van der Waals surface area contributed by atoms with Crippen molar-refractivity contribution >= 4 is 17.6 Å². The quantitative estimate of drug-likeness (QED) is 0.348. The Morgan fingerprint density at radius 3 is 1.90 bits per heavy atom. The van der Waals surface area contributed by atoms with Crippen molar-refractivity contribution in [1.82, 2.24) is 15.1 Å². The van der Waals surface area contributed by atoms with Gasteiger partial charge in [-0.25, -0.2) is 13.5 Å². The first kappa shape index (κ1) is 30.9. The molecule has 0 spiro atoms. The van der Waals surface area contributed by atoms with Crippen LogP contribution in [0.3, 0.4) is 0 Å². The minimum absolute atomic E-state index is 0.0690. The third kappa shape index (κ3) is 6.94. The molecule has 3 N–H and O–H groups in total. The number of hydrogen-bond donors (Lipinski definition) is 3. The molecule has 2 atom stereocenters. The van der Waals surface area contributed by atoms with E-state index in [0.29, 0.717) is 22.6 Å². The monoisotopic (exact) mass is 554 g/mol. The van der Waals surface area contributed by atoms with E-state index in [9.17, 15) is 23.5 Å². The highest BCUT2D eigenvalue weighted by atomic mass is 19.1. The zero-order valence-corrected chi connectivity index (χ0v) is 24.7. The van der Waals surface area contributed by atoms with E-state index in [1.54, 1.807) is 36.7 Å². The van der Waals surface area contributed by atoms with Gasteiger partial charge in [0.2, 0.25) is 5.91 Å². The fraction of sp³-hybridized carbons (Fsp3) is 0.452. The SMILES string of the molecule is CC(NC(=O)C(O)c1ccc(C(C)(C)C)cc1)C(=O)Nc1cc(C(C)(C)c2cc(F)cc(F)c2)nn1C(C)(C)C. The predicted octanol–water partition coefficient (Wildman–Crippen LogP) is 5.72. The van der Waals surface area contributed by atoms with Crippen molar-refractivity contribution in [3.8, 4) is 0 Å². The van der Waals surface area contributed by atoms with Crippen LogP contribution in [0.25, 0.3) is 0 Å². The van der Waals surface area contributed by atoms with Gasteiger partial charge in [0.15, 0.2) is 6.10 Å². The molecule has 0 saturated heterocycles. The van der Waals surface area contributed by atoms with Crippen molar-refractivity contribution in [2.24, 2.45) is 0 Å². The van der Waals surface area contributed by atoms with Crippen molar-refractivity contribution in [1.29, 1.82) is 0 Å². The van der Waals surface area contributed by atoms with Crippen LogP contribution in [0.15, 0.2) is 48.5 Å². The number of hydrogen-bond acceptors (Lipinski definition) is 4. The maximum Gasteiger partial charge on any atom is 0.254 e. The number of rotatable bonds is 7. The summed E-state index contributed by atoms with van der Waals surface area (Å²) >= 11 is 0. The molecule has 216 valence electrons. The lowest BCUT2D eigenvalue weighted by molar-refractivity contribution is -0.132. The van der Waals surface area contributed by atoms with E-state index in [4.69, 9.17) is 0 Å². The number of nitrogens with one attached hydrogen (secondary N) is 2. The Hall–Kier alpha value is -3.59. The number of carbonyl (C=O) groups is 2. The van der Waals surface area contributed by atoms with Crippen LogP contribution in [-0.4, -0.2) is 32.7 Å². The Morgan fingerprint density at radius 1 is 0.850 bits per heavy atom. The van der Waals surface area contributed by atoms with Crippen LogP contribution in [0.5, 0.6) is 0 Å². The fourth-order valence-electron chi connectivity index (χ4n) is 4.26. The molecule has 1 aromatic heterocycles. The van der Waals surface area contributed by atoms with Crippen LogP contribution in [0.1, 0.15) is 90.8 Å². The number of carbonyl (C=O) groups excluding carboxylic acids is 2. The number of benzene rings is 2. The van der Waals surface area contributed by atoms with Gasteiger partial charge in [-0.05, 0) is 61.9 Å². The summed E-state index contributed by atoms with van der Waals surface area (Å²) in [5.74, 6) is -2.25. The van der Waals surface area contributed by atoms with Crippen LogP contribution in [-0.2, 0) is 26.0 Å². The van der Waals surface area contributed by atoms with Crippen molar-refractivity contribution < 1.29 is 23.5 Å². The van der Waals surface area contributed by atoms with E-state index in [-0.39, 0.29) is 5.41 Å². The third-order valence-corrected chi connectivity index (χ3v) is 6.91. The molecule has 7 nitrogen and oxygen atoms in total. The largest absolute Gasteiger partial charge is 0.378 e. The summed E-state index contributed by atoms with van der Waals surface area (Å²) in [5.41, 5.74) is 0.875. The Morgan fingerprint density at radius 2 is 1.40 bits per heavy atom. The second-order valence-corrected chi connectivity index (χ2v) is 12.8. The molecule has 0 aliphatic rings. The molecular weight excluding hydrogens is 514 g/mol. The van der Waals surface area contributed by atoms with Crippen molar-refractivity contribution in [3.05, 3.63) is 82.5 Å². The van der Waals surface area contributed by atoms with E-state index in [2.05, 4.69) is 36.5 Å². The highest BCUT2D eigenvalue weighted by molar-refractivity contribution is 5.97. The van der Waals surface area contributed by atoms with Gasteiger partial charge in [-0.15, -0.1) is 0 Å². The summed E-state index contributed by atoms with van der Waals surface area (Å²) < 4.78 is 29.6. The molecule has 9 heteroatoms. The van der Waals surface area contributed by atoms with E-state index in [1.165, 1.54) is 19.1 Å². The topological polar surface area (TPSA) is 96.2 Å². The molecule has 0 aliphatic carbocycles. The smallest absolute Gasteiger partial charge is 0.254 e. The Labute approximate surface area is 235 Å². The molecule has 40 heavy (non-hydrogen) atoms. The van der Waals surface area contributed by atoms with Crippen LogP contribution in [0, 0.1) is 11.6 Å². The molecule has 3 rings (SSSR count). The maximum atomic E-state index is 14.0. The number of aliphatic hydroxyl groups excluding tert-OH is 1. The van der Waals surface area contributed by atoms with Crippen molar-refractivity contribution in [2.45, 2.75) is 90.8 Å². The normalized spacial score (nSPS) is 14.0. The van der Waals surface area contributed by atoms with Gasteiger partial charge in [0.05, 0.1) is 11.2 Å². The molecule has 0 fully saturated rings. The van der Waals surface area contributed by atoms with Gasteiger partial charge in [0.1, 0.15) is 23.5 Å². The van der Waals surface area contributed by atoms with Crippen LogP contribution >= 0.6 is 0 Å². The molecular formula is C31H40F2N4O3. The van der Waals surface area contributed by atoms with Crippen LogP contribution < -0.4 is 10.6 Å². The highest BCUT2D eigenvalue weighted by Crippen LogP contribution is 2.34. The lowest BCUT2D eigenvalue weighted by atomic mass is 9.81. The second kappa shape index (κ2) is 11.1. The summed E-state index contributed by atoms with van der Waals surface area (Å²) in [6, 6.07) is 11.1. The molecule has 2 unspecified atom stereocenters. The molecule has 0 bridgehead atoms. The van der Waals surface area contributed by atoms with Gasteiger partial charge in [-0.3, -0.25) is 9.59 Å². The number of aliphatic hydroxyl groups is 1. The van der Waals surface area contributed by atoms with Crippen molar-refractivity contribution in [2.75, 3.05) is 5.32 Å². The summed E-state index contributed by atoms with van der Waals surface area (Å²) in [6.45, 7) is 17.0. The average Bonchev–Trinajstić information content (AvgIpc) is 3.27. The fourth-order valence-corrected chi connectivity index (χ4v) is 4.26. The number of anilines is 1. The maximum absolute atomic E-state index is 14.0. The molecule has 0 saturated carbocycles. The average molecular weight is 555 g/mol. The van der Waals surface area contributed by atoms with Gasteiger partial charge in [-0.2, -0.15) is 5.10 Å². The first-order chi connectivity index (χ1) is 18.3. The standard InChI is InChI=1S/C31H40F2N4O3/c1-18(34-28(40)26(38)19-10-12-20(13-11-19)29(2,3)4)27(39)35-25-17-24(36-37(25)30(5,6)7)31(8,9)21-14-22(32)16-23(33)15-21/h10-18,26,38H,1-9H3,(H,34,40)(H,35,39). The summed E-state index contributed by atoms with van der Waals surface area (Å²) in [6.07, 6.45) is -1.44. The van der Waals surface area contributed by atoms with Gasteiger partial charge in [0, 0.05) is 17.5 Å². The first-order valence-electron chi connectivity index (χ1n) is 13.3. The van der Waals surface area contributed by atoms with Crippen molar-refractivity contribution in [3.63, 3.8) is 0 Å². The second-order valence-electron chi connectivity index (χ2n) is 12.8. The molecule has 0 aliphatic heterocycles. The predicted molar refractivity (Wildman–Crippen MR) is 152 cm³/mol. The molecule has 1 heterocycles.